The number of halogens is 3. The average Bonchev–Trinajstić information content (AvgIpc) is 2.95. The zero-order valence-corrected chi connectivity index (χ0v) is 22.8. The van der Waals surface area contributed by atoms with Crippen molar-refractivity contribution in [1.29, 1.82) is 0 Å². The van der Waals surface area contributed by atoms with Gasteiger partial charge in [-0.05, 0) is 49.4 Å². The maximum Gasteiger partial charge on any atom is 0.416 e. The van der Waals surface area contributed by atoms with Crippen LogP contribution in [-0.2, 0) is 13.2 Å². The Kier molecular flexibility index (Phi) is 7.39. The second-order valence-electron chi connectivity index (χ2n) is 9.93. The largest absolute Gasteiger partial charge is 0.416 e. The summed E-state index contributed by atoms with van der Waals surface area (Å²) in [5, 5.41) is 2.69. The van der Waals surface area contributed by atoms with Gasteiger partial charge >= 0.3 is 6.18 Å². The van der Waals surface area contributed by atoms with Gasteiger partial charge in [-0.2, -0.15) is 18.2 Å². The zero-order valence-electron chi connectivity index (χ0n) is 22.8. The summed E-state index contributed by atoms with van der Waals surface area (Å²) in [7, 11) is 1.54. The van der Waals surface area contributed by atoms with Gasteiger partial charge in [0.15, 0.2) is 5.65 Å². The smallest absolute Gasteiger partial charge is 0.369 e. The molecule has 0 radical (unpaired) electrons. The van der Waals surface area contributed by atoms with Crippen molar-refractivity contribution >= 4 is 34.4 Å². The van der Waals surface area contributed by atoms with Crippen LogP contribution in [-0.4, -0.2) is 63.0 Å². The molecule has 0 aliphatic carbocycles. The van der Waals surface area contributed by atoms with Crippen LogP contribution in [0.5, 0.6) is 0 Å². The van der Waals surface area contributed by atoms with E-state index in [2.05, 4.69) is 25.2 Å². The van der Waals surface area contributed by atoms with Crippen molar-refractivity contribution < 1.29 is 18.0 Å². The highest BCUT2D eigenvalue weighted by atomic mass is 19.4. The van der Waals surface area contributed by atoms with Crippen molar-refractivity contribution in [1.82, 2.24) is 24.4 Å². The van der Waals surface area contributed by atoms with Gasteiger partial charge in [0.2, 0.25) is 5.95 Å². The third kappa shape index (κ3) is 5.71. The number of nitrogens with zero attached hydrogens (tertiary/aromatic N) is 6. The molecule has 3 N–H and O–H groups in total. The lowest BCUT2D eigenvalue weighted by molar-refractivity contribution is -0.137. The fourth-order valence-corrected chi connectivity index (χ4v) is 4.87. The van der Waals surface area contributed by atoms with Gasteiger partial charge in [-0.1, -0.05) is 13.0 Å². The lowest BCUT2D eigenvalue weighted by Crippen LogP contribution is -2.46. The second kappa shape index (κ2) is 10.8. The van der Waals surface area contributed by atoms with E-state index < -0.39 is 23.2 Å². The Morgan fingerprint density at radius 2 is 1.80 bits per heavy atom. The Bertz CT molecular complexity index is 1690. The molecule has 1 saturated heterocycles. The summed E-state index contributed by atoms with van der Waals surface area (Å²) in [6, 6.07) is 8.29. The number of likely N-dealkylation sites (N-methyl/N-ethyl adjacent to an activating group) is 1. The molecule has 10 nitrogen and oxygen atoms in total. The maximum atomic E-state index is 13.8. The Labute approximate surface area is 233 Å². The molecule has 1 fully saturated rings. The number of aromatic nitrogens is 4. The minimum absolute atomic E-state index is 0.00362. The number of carbonyl (C=O) groups excluding carboxylic acids is 1. The van der Waals surface area contributed by atoms with E-state index in [0.29, 0.717) is 41.1 Å². The van der Waals surface area contributed by atoms with Gasteiger partial charge in [-0.3, -0.25) is 14.2 Å². The Hall–Kier alpha value is -4.52. The molecule has 0 spiro atoms. The number of nitrogens with one attached hydrogen (secondary N) is 1. The molecule has 0 saturated carbocycles. The van der Waals surface area contributed by atoms with Crippen LogP contribution in [0.1, 0.15) is 28.4 Å². The number of fused-ring (bicyclic) bond motifs is 1. The van der Waals surface area contributed by atoms with Crippen molar-refractivity contribution in [3.63, 3.8) is 0 Å². The number of nitrogens with two attached hydrogens (primary N) is 1. The van der Waals surface area contributed by atoms with Crippen LogP contribution in [0.3, 0.4) is 0 Å². The van der Waals surface area contributed by atoms with Crippen molar-refractivity contribution in [3.05, 3.63) is 69.6 Å². The molecule has 5 rings (SSSR count). The molecule has 13 heteroatoms. The van der Waals surface area contributed by atoms with Crippen molar-refractivity contribution in [3.8, 4) is 11.3 Å². The Balaban J connectivity index is 1.48. The van der Waals surface area contributed by atoms with Gasteiger partial charge < -0.3 is 20.9 Å². The van der Waals surface area contributed by atoms with Crippen LogP contribution in [0.2, 0.25) is 0 Å². The van der Waals surface area contributed by atoms with E-state index in [1.54, 1.807) is 25.1 Å². The summed E-state index contributed by atoms with van der Waals surface area (Å²) in [4.78, 5) is 43.0. The normalized spacial score (nSPS) is 14.4. The molecule has 0 bridgehead atoms. The fraction of sp³-hybridized carbons (Fsp3) is 0.321. The van der Waals surface area contributed by atoms with Crippen LogP contribution in [0.25, 0.3) is 22.4 Å². The standard InChI is InChI=1S/C28H29F3N8O2/c1-4-38-7-9-39(10-8-38)20-12-17(11-18(13-20)28(29,30)31)25(40)34-19-6-5-16(2)21(14-19)23-26(41)37(3)24-22(35-23)15-33-27(32)36-24/h5-6,11-15H,4,7-10H2,1-3H3,(H,34,40)(H2,32,33,36). The number of aryl methyl sites for hydroxylation is 2. The first-order chi connectivity index (χ1) is 19.4. The van der Waals surface area contributed by atoms with E-state index in [0.717, 1.165) is 31.8 Å². The average molecular weight is 567 g/mol. The quantitative estimate of drug-likeness (QED) is 0.375. The molecule has 1 aliphatic rings. The number of hydrogen-bond acceptors (Lipinski definition) is 8. The highest BCUT2D eigenvalue weighted by Gasteiger charge is 2.33. The summed E-state index contributed by atoms with van der Waals surface area (Å²) in [6.45, 7) is 7.25. The van der Waals surface area contributed by atoms with E-state index in [9.17, 15) is 22.8 Å². The zero-order chi connectivity index (χ0) is 29.5. The third-order valence-corrected chi connectivity index (χ3v) is 7.27. The molecule has 2 aromatic heterocycles. The molecule has 0 unspecified atom stereocenters. The van der Waals surface area contributed by atoms with Gasteiger partial charge in [0.25, 0.3) is 11.5 Å². The highest BCUT2D eigenvalue weighted by Crippen LogP contribution is 2.34. The lowest BCUT2D eigenvalue weighted by atomic mass is 10.0. The van der Waals surface area contributed by atoms with Gasteiger partial charge in [0, 0.05) is 55.7 Å². The van der Waals surface area contributed by atoms with E-state index in [1.807, 2.05) is 11.8 Å². The van der Waals surface area contributed by atoms with Crippen LogP contribution in [0, 0.1) is 6.92 Å². The van der Waals surface area contributed by atoms with Gasteiger partial charge in [0.1, 0.15) is 11.2 Å². The number of amides is 1. The predicted octanol–water partition coefficient (Wildman–Crippen LogP) is 3.69. The molecular formula is C28H29F3N8O2. The summed E-state index contributed by atoms with van der Waals surface area (Å²) < 4.78 is 42.7. The summed E-state index contributed by atoms with van der Waals surface area (Å²) >= 11 is 0. The number of carbonyl (C=O) groups is 1. The molecule has 2 aromatic carbocycles. The van der Waals surface area contributed by atoms with Crippen molar-refractivity contribution in [2.45, 2.75) is 20.0 Å². The Morgan fingerprint density at radius 3 is 2.49 bits per heavy atom. The highest BCUT2D eigenvalue weighted by molar-refractivity contribution is 6.05. The van der Waals surface area contributed by atoms with Crippen LogP contribution in [0.15, 0.2) is 47.4 Å². The summed E-state index contributed by atoms with van der Waals surface area (Å²) in [5.41, 5.74) is 6.71. The first kappa shape index (κ1) is 28.0. The molecule has 214 valence electrons. The topological polar surface area (TPSA) is 122 Å². The predicted molar refractivity (Wildman–Crippen MR) is 151 cm³/mol. The SMILES string of the molecule is CCN1CCN(c2cc(C(=O)Nc3ccc(C)c(-c4nc5cnc(N)nc5n(C)c4=O)c3)cc(C(F)(F)F)c2)CC1. The first-order valence-electron chi connectivity index (χ1n) is 13.1. The van der Waals surface area contributed by atoms with Crippen LogP contribution in [0.4, 0.5) is 30.5 Å². The van der Waals surface area contributed by atoms with Gasteiger partial charge in [-0.25, -0.2) is 9.97 Å². The molecule has 41 heavy (non-hydrogen) atoms. The number of benzene rings is 2. The van der Waals surface area contributed by atoms with Gasteiger partial charge in [-0.15, -0.1) is 0 Å². The number of rotatable bonds is 5. The minimum Gasteiger partial charge on any atom is -0.369 e. The number of alkyl halides is 3. The van der Waals surface area contributed by atoms with E-state index in [4.69, 9.17) is 5.73 Å². The molecule has 1 amide bonds. The van der Waals surface area contributed by atoms with Crippen LogP contribution < -0.4 is 21.5 Å². The molecule has 1 aliphatic heterocycles. The molecule has 4 aromatic rings. The summed E-state index contributed by atoms with van der Waals surface area (Å²) in [6.07, 6.45) is -3.21. The monoisotopic (exact) mass is 566 g/mol. The number of anilines is 3. The Morgan fingerprint density at radius 1 is 1.07 bits per heavy atom. The fourth-order valence-electron chi connectivity index (χ4n) is 4.87. The maximum absolute atomic E-state index is 13.8. The second-order valence-corrected chi connectivity index (χ2v) is 9.93. The van der Waals surface area contributed by atoms with E-state index in [1.165, 1.54) is 23.9 Å². The first-order valence-corrected chi connectivity index (χ1v) is 13.1. The number of hydrogen-bond donors (Lipinski definition) is 2. The third-order valence-electron chi connectivity index (χ3n) is 7.27. The minimum atomic E-state index is -4.62. The summed E-state index contributed by atoms with van der Waals surface area (Å²) in [5.74, 6) is -0.702. The lowest BCUT2D eigenvalue weighted by Gasteiger charge is -2.36. The van der Waals surface area contributed by atoms with E-state index in [-0.39, 0.29) is 22.9 Å². The molecular weight excluding hydrogens is 537 g/mol. The van der Waals surface area contributed by atoms with Gasteiger partial charge in [0.05, 0.1) is 11.8 Å². The van der Waals surface area contributed by atoms with Crippen molar-refractivity contribution in [2.24, 2.45) is 7.05 Å². The number of piperazine rings is 1. The van der Waals surface area contributed by atoms with E-state index >= 15 is 0 Å². The van der Waals surface area contributed by atoms with Crippen molar-refractivity contribution in [2.75, 3.05) is 48.7 Å². The molecule has 0 atom stereocenters. The number of nitrogen functional groups attached to an aromatic ring is 1. The van der Waals surface area contributed by atoms with Crippen LogP contribution >= 0.6 is 0 Å². The molecule has 3 heterocycles.